The van der Waals surface area contributed by atoms with Crippen molar-refractivity contribution in [2.24, 2.45) is 0 Å². The van der Waals surface area contributed by atoms with Gasteiger partial charge < -0.3 is 28.7 Å². The van der Waals surface area contributed by atoms with E-state index in [1.165, 1.54) is 0 Å². The number of nitriles is 1. The summed E-state index contributed by atoms with van der Waals surface area (Å²) < 4.78 is 22.7. The zero-order chi connectivity index (χ0) is 27.4. The third kappa shape index (κ3) is 5.66. The summed E-state index contributed by atoms with van der Waals surface area (Å²) in [4.78, 5) is 43.7. The molecule has 2 aromatic carbocycles. The SMILES string of the molecule is COc1ccc(C(CCN2CCC3(CC2)OC(=O)N2OC(=O)/C=C/C(=O)OC23)Oc2ccc(C#N)cc2)cc1. The number of hydrogen-bond acceptors (Lipinski definition) is 10. The maximum Gasteiger partial charge on any atom is 0.447 e. The molecule has 2 unspecified atom stereocenters. The number of carbonyl (C=O) groups is 3. The number of ether oxygens (including phenoxy) is 4. The smallest absolute Gasteiger partial charge is 0.447 e. The van der Waals surface area contributed by atoms with Gasteiger partial charge in [0.25, 0.3) is 6.23 Å². The van der Waals surface area contributed by atoms with Crippen molar-refractivity contribution in [1.82, 2.24) is 9.96 Å². The molecule has 3 aliphatic heterocycles. The van der Waals surface area contributed by atoms with Gasteiger partial charge in [0.15, 0.2) is 5.60 Å². The van der Waals surface area contributed by atoms with Gasteiger partial charge in [0.1, 0.15) is 17.6 Å². The highest BCUT2D eigenvalue weighted by atomic mass is 16.8. The molecule has 0 bridgehead atoms. The number of hydroxylamine groups is 2. The van der Waals surface area contributed by atoms with Crippen LogP contribution >= 0.6 is 0 Å². The van der Waals surface area contributed by atoms with Crippen LogP contribution in [0, 0.1) is 11.3 Å². The number of rotatable bonds is 7. The minimum atomic E-state index is -1.15. The molecule has 5 rings (SSSR count). The molecule has 2 fully saturated rings. The van der Waals surface area contributed by atoms with Gasteiger partial charge in [-0.15, -0.1) is 0 Å². The normalized spacial score (nSPS) is 21.9. The molecule has 3 aliphatic rings. The second-order valence-corrected chi connectivity index (χ2v) is 9.44. The average molecular weight is 534 g/mol. The number of fused-ring (bicyclic) bond motifs is 2. The summed E-state index contributed by atoms with van der Waals surface area (Å²) >= 11 is 0. The van der Waals surface area contributed by atoms with E-state index in [2.05, 4.69) is 11.0 Å². The number of esters is 1. The molecule has 11 nitrogen and oxygen atoms in total. The molecule has 1 amide bonds. The predicted octanol–water partition coefficient (Wildman–Crippen LogP) is 3.26. The number of hydrogen-bond donors (Lipinski definition) is 0. The Morgan fingerprint density at radius 1 is 1.00 bits per heavy atom. The lowest BCUT2D eigenvalue weighted by molar-refractivity contribution is -0.222. The molecule has 0 aliphatic carbocycles. The number of likely N-dealkylation sites (tertiary alicyclic amines) is 1. The Morgan fingerprint density at radius 2 is 1.67 bits per heavy atom. The van der Waals surface area contributed by atoms with Crippen LogP contribution in [-0.2, 0) is 23.9 Å². The molecule has 0 saturated carbocycles. The minimum absolute atomic E-state index is 0.266. The van der Waals surface area contributed by atoms with Crippen LogP contribution in [0.5, 0.6) is 11.5 Å². The summed E-state index contributed by atoms with van der Waals surface area (Å²) in [7, 11) is 1.61. The lowest BCUT2D eigenvalue weighted by atomic mass is 9.89. The molecule has 0 aromatic heterocycles. The van der Waals surface area contributed by atoms with Crippen molar-refractivity contribution in [3.8, 4) is 17.6 Å². The largest absolute Gasteiger partial charge is 0.497 e. The maximum atomic E-state index is 12.5. The topological polar surface area (TPSA) is 128 Å². The van der Waals surface area contributed by atoms with Crippen LogP contribution in [0.15, 0.2) is 60.7 Å². The van der Waals surface area contributed by atoms with E-state index in [1.54, 1.807) is 31.4 Å². The Hall–Kier alpha value is -4.56. The van der Waals surface area contributed by atoms with Crippen LogP contribution in [0.2, 0.25) is 0 Å². The first-order chi connectivity index (χ1) is 18.9. The maximum absolute atomic E-state index is 12.5. The highest BCUT2D eigenvalue weighted by Crippen LogP contribution is 2.40. The Morgan fingerprint density at radius 3 is 2.33 bits per heavy atom. The van der Waals surface area contributed by atoms with E-state index in [1.807, 2.05) is 24.3 Å². The van der Waals surface area contributed by atoms with E-state index in [4.69, 9.17) is 29.0 Å². The van der Waals surface area contributed by atoms with Crippen molar-refractivity contribution in [3.05, 3.63) is 71.8 Å². The first-order valence-electron chi connectivity index (χ1n) is 12.5. The molecule has 0 radical (unpaired) electrons. The standard InChI is InChI=1S/C28H27N3O8/c1-35-21-8-4-20(5-9-21)23(36-22-6-2-19(18-29)3-7-22)12-15-30-16-13-28(14-17-30)26-31(27(34)38-28)39-25(33)11-10-24(32)37-26/h2-11,23,26H,12-17H2,1H3/b11-10+. The Balaban J connectivity index is 1.25. The molecule has 2 saturated heterocycles. The van der Waals surface area contributed by atoms with E-state index in [0.717, 1.165) is 23.5 Å². The number of carbonyl (C=O) groups excluding carboxylic acids is 3. The third-order valence-corrected chi connectivity index (χ3v) is 7.06. The van der Waals surface area contributed by atoms with Crippen LogP contribution in [0.25, 0.3) is 0 Å². The molecule has 1 spiro atoms. The number of nitrogens with zero attached hydrogens (tertiary/aromatic N) is 3. The van der Waals surface area contributed by atoms with Crippen molar-refractivity contribution in [1.29, 1.82) is 5.26 Å². The number of amides is 1. The van der Waals surface area contributed by atoms with E-state index < -0.39 is 29.9 Å². The average Bonchev–Trinajstić information content (AvgIpc) is 3.19. The quantitative estimate of drug-likeness (QED) is 0.489. The lowest BCUT2D eigenvalue weighted by Gasteiger charge is -2.40. The molecular weight excluding hydrogens is 506 g/mol. The van der Waals surface area contributed by atoms with E-state index in [0.29, 0.717) is 55.3 Å². The van der Waals surface area contributed by atoms with Crippen LogP contribution in [0.3, 0.4) is 0 Å². The Kier molecular flexibility index (Phi) is 7.38. The fourth-order valence-electron chi connectivity index (χ4n) is 4.92. The van der Waals surface area contributed by atoms with E-state index in [9.17, 15) is 14.4 Å². The molecule has 0 N–H and O–H groups in total. The van der Waals surface area contributed by atoms with Gasteiger partial charge in [0, 0.05) is 51.0 Å². The lowest BCUT2D eigenvalue weighted by Crippen LogP contribution is -2.54. The highest BCUT2D eigenvalue weighted by Gasteiger charge is 2.59. The number of methoxy groups -OCH3 is 1. The van der Waals surface area contributed by atoms with E-state index in [-0.39, 0.29) is 6.10 Å². The third-order valence-electron chi connectivity index (χ3n) is 7.06. The predicted molar refractivity (Wildman–Crippen MR) is 134 cm³/mol. The van der Waals surface area contributed by atoms with Crippen LogP contribution < -0.4 is 9.47 Å². The van der Waals surface area contributed by atoms with Gasteiger partial charge in [-0.1, -0.05) is 17.2 Å². The van der Waals surface area contributed by atoms with Gasteiger partial charge in [0.05, 0.1) is 18.7 Å². The minimum Gasteiger partial charge on any atom is -0.497 e. The van der Waals surface area contributed by atoms with Gasteiger partial charge >= 0.3 is 18.0 Å². The molecule has 202 valence electrons. The van der Waals surface area contributed by atoms with Crippen molar-refractivity contribution < 1.29 is 38.2 Å². The van der Waals surface area contributed by atoms with Crippen LogP contribution in [0.4, 0.5) is 4.79 Å². The Labute approximate surface area is 225 Å². The fraction of sp³-hybridized carbons (Fsp3) is 0.357. The van der Waals surface area contributed by atoms with Crippen LogP contribution in [-0.4, -0.2) is 66.6 Å². The van der Waals surface area contributed by atoms with Crippen molar-refractivity contribution in [2.75, 3.05) is 26.7 Å². The number of benzene rings is 2. The monoisotopic (exact) mass is 533 g/mol. The second-order valence-electron chi connectivity index (χ2n) is 9.44. The summed E-state index contributed by atoms with van der Waals surface area (Å²) in [6, 6.07) is 16.8. The second kappa shape index (κ2) is 11.0. The van der Waals surface area contributed by atoms with E-state index >= 15 is 0 Å². The summed E-state index contributed by atoms with van der Waals surface area (Å²) in [6.07, 6.45) is 1.03. The Bertz CT molecular complexity index is 1290. The molecule has 2 aromatic rings. The first kappa shape index (κ1) is 26.1. The molecule has 11 heteroatoms. The van der Waals surface area contributed by atoms with Crippen LogP contribution in [0.1, 0.15) is 36.5 Å². The summed E-state index contributed by atoms with van der Waals surface area (Å²) in [6.45, 7) is 1.80. The van der Waals surface area contributed by atoms with Gasteiger partial charge in [-0.25, -0.2) is 14.4 Å². The van der Waals surface area contributed by atoms with Crippen molar-refractivity contribution in [2.45, 2.75) is 37.2 Å². The first-order valence-corrected chi connectivity index (χ1v) is 12.5. The van der Waals surface area contributed by atoms with Crippen molar-refractivity contribution >= 4 is 18.0 Å². The molecule has 3 heterocycles. The molecular formula is C28H27N3O8. The zero-order valence-electron chi connectivity index (χ0n) is 21.3. The van der Waals surface area contributed by atoms with Crippen molar-refractivity contribution in [3.63, 3.8) is 0 Å². The zero-order valence-corrected chi connectivity index (χ0v) is 21.3. The van der Waals surface area contributed by atoms with Gasteiger partial charge in [-0.3, -0.25) is 0 Å². The van der Waals surface area contributed by atoms with Gasteiger partial charge in [-0.2, -0.15) is 5.26 Å². The summed E-state index contributed by atoms with van der Waals surface area (Å²) in [5.41, 5.74) is 0.422. The van der Waals surface area contributed by atoms with Gasteiger partial charge in [0.2, 0.25) is 0 Å². The summed E-state index contributed by atoms with van der Waals surface area (Å²) in [5, 5.41) is 9.80. The number of piperidine rings is 1. The molecule has 2 atom stereocenters. The summed E-state index contributed by atoms with van der Waals surface area (Å²) in [5.74, 6) is -0.201. The van der Waals surface area contributed by atoms with Gasteiger partial charge in [-0.05, 0) is 42.0 Å². The molecule has 39 heavy (non-hydrogen) atoms. The fourth-order valence-corrected chi connectivity index (χ4v) is 4.92. The highest BCUT2D eigenvalue weighted by molar-refractivity contribution is 5.93.